The number of ether oxygens (including phenoxy) is 1. The van der Waals surface area contributed by atoms with Crippen LogP contribution < -0.4 is 5.32 Å². The third-order valence-corrected chi connectivity index (χ3v) is 3.01. The third-order valence-electron chi connectivity index (χ3n) is 3.01. The second-order valence-electron chi connectivity index (χ2n) is 5.07. The van der Waals surface area contributed by atoms with E-state index < -0.39 is 0 Å². The van der Waals surface area contributed by atoms with Crippen molar-refractivity contribution in [3.8, 4) is 0 Å². The Morgan fingerprint density at radius 1 is 1.46 bits per heavy atom. The molecule has 2 fully saturated rings. The first-order chi connectivity index (χ1) is 6.07. The van der Waals surface area contributed by atoms with Gasteiger partial charge in [-0.05, 0) is 33.9 Å². The van der Waals surface area contributed by atoms with E-state index in [1.54, 1.807) is 0 Å². The van der Waals surface area contributed by atoms with E-state index >= 15 is 0 Å². The summed E-state index contributed by atoms with van der Waals surface area (Å²) in [6.07, 6.45) is 1.56. The zero-order valence-corrected chi connectivity index (χ0v) is 8.84. The van der Waals surface area contributed by atoms with Gasteiger partial charge in [-0.15, -0.1) is 0 Å². The Kier molecular flexibility index (Phi) is 2.34. The van der Waals surface area contributed by atoms with Crippen molar-refractivity contribution in [3.63, 3.8) is 0 Å². The summed E-state index contributed by atoms with van der Waals surface area (Å²) in [5, 5.41) is 3.54. The molecule has 0 aromatic heterocycles. The van der Waals surface area contributed by atoms with Crippen molar-refractivity contribution in [1.82, 2.24) is 10.2 Å². The minimum atomic E-state index is 0.172. The van der Waals surface area contributed by atoms with E-state index in [9.17, 15) is 0 Å². The monoisotopic (exact) mass is 184 g/mol. The minimum absolute atomic E-state index is 0.172. The molecule has 0 aromatic carbocycles. The van der Waals surface area contributed by atoms with E-state index in [2.05, 4.69) is 31.1 Å². The van der Waals surface area contributed by atoms with Crippen LogP contribution >= 0.6 is 0 Å². The molecule has 0 aromatic rings. The normalized spacial score (nSPS) is 39.9. The summed E-state index contributed by atoms with van der Waals surface area (Å²) in [5.41, 5.74) is 0.172. The molecule has 0 amide bonds. The van der Waals surface area contributed by atoms with Crippen LogP contribution in [0.25, 0.3) is 0 Å². The second kappa shape index (κ2) is 3.23. The molecule has 2 unspecified atom stereocenters. The van der Waals surface area contributed by atoms with Gasteiger partial charge in [-0.3, -0.25) is 5.32 Å². The van der Waals surface area contributed by atoms with Gasteiger partial charge < -0.3 is 9.64 Å². The Morgan fingerprint density at radius 3 is 2.69 bits per heavy atom. The molecule has 2 saturated heterocycles. The molecule has 13 heavy (non-hydrogen) atoms. The molecule has 2 aliphatic heterocycles. The highest BCUT2D eigenvalue weighted by molar-refractivity contribution is 4.90. The molecule has 0 saturated carbocycles. The lowest BCUT2D eigenvalue weighted by molar-refractivity contribution is 0.0547. The molecule has 3 nitrogen and oxygen atoms in total. The molecule has 76 valence electrons. The molecule has 0 spiro atoms. The quantitative estimate of drug-likeness (QED) is 0.648. The topological polar surface area (TPSA) is 24.5 Å². The van der Waals surface area contributed by atoms with E-state index in [0.717, 1.165) is 6.61 Å². The summed E-state index contributed by atoms with van der Waals surface area (Å²) in [5.74, 6) is 0.687. The molecular weight excluding hydrogens is 164 g/mol. The fraction of sp³-hybridized carbons (Fsp3) is 1.00. The van der Waals surface area contributed by atoms with Gasteiger partial charge in [-0.25, -0.2) is 0 Å². The van der Waals surface area contributed by atoms with Crippen LogP contribution in [0.15, 0.2) is 0 Å². The Balaban J connectivity index is 1.89. The fourth-order valence-corrected chi connectivity index (χ4v) is 2.24. The average molecular weight is 184 g/mol. The zero-order valence-electron chi connectivity index (χ0n) is 8.84. The predicted molar refractivity (Wildman–Crippen MR) is 52.6 cm³/mol. The van der Waals surface area contributed by atoms with Crippen LogP contribution in [0.5, 0.6) is 0 Å². The van der Waals surface area contributed by atoms with Gasteiger partial charge in [0.1, 0.15) is 6.23 Å². The molecule has 0 aliphatic carbocycles. The Morgan fingerprint density at radius 2 is 2.23 bits per heavy atom. The summed E-state index contributed by atoms with van der Waals surface area (Å²) in [6, 6.07) is 0. The Bertz CT molecular complexity index is 193. The van der Waals surface area contributed by atoms with Crippen LogP contribution in [-0.2, 0) is 4.74 Å². The molecule has 1 N–H and O–H groups in total. The lowest BCUT2D eigenvalue weighted by Crippen LogP contribution is -2.42. The number of likely N-dealkylation sites (tertiary alicyclic amines) is 1. The van der Waals surface area contributed by atoms with Crippen LogP contribution in [0.2, 0.25) is 0 Å². The molecule has 2 rings (SSSR count). The zero-order chi connectivity index (χ0) is 9.47. The van der Waals surface area contributed by atoms with Gasteiger partial charge in [0.05, 0.1) is 6.61 Å². The number of nitrogens with one attached hydrogen (secondary N) is 1. The van der Waals surface area contributed by atoms with Crippen molar-refractivity contribution >= 4 is 0 Å². The lowest BCUT2D eigenvalue weighted by Gasteiger charge is -2.21. The predicted octanol–water partition coefficient (Wildman–Crippen LogP) is 0.663. The van der Waals surface area contributed by atoms with Crippen molar-refractivity contribution in [2.75, 3.05) is 26.7 Å². The Hall–Kier alpha value is -0.120. The molecular formula is C10H20N2O. The highest BCUT2D eigenvalue weighted by Crippen LogP contribution is 2.25. The van der Waals surface area contributed by atoms with Crippen LogP contribution in [0.3, 0.4) is 0 Å². The third kappa shape index (κ3) is 2.03. The first kappa shape index (κ1) is 9.44. The van der Waals surface area contributed by atoms with Crippen molar-refractivity contribution < 1.29 is 4.74 Å². The molecule has 2 aliphatic rings. The highest BCUT2D eigenvalue weighted by atomic mass is 16.5. The van der Waals surface area contributed by atoms with E-state index in [4.69, 9.17) is 4.74 Å². The van der Waals surface area contributed by atoms with Crippen molar-refractivity contribution in [2.45, 2.75) is 32.0 Å². The minimum Gasteiger partial charge on any atom is -0.361 e. The first-order valence-electron chi connectivity index (χ1n) is 5.15. The molecule has 0 bridgehead atoms. The standard InChI is InChI=1S/C10H20N2O/c1-10(2)7-13-9(11-10)8-4-5-12(3)6-8/h8-9,11H,4-7H2,1-3H3. The maximum Gasteiger partial charge on any atom is 0.112 e. The van der Waals surface area contributed by atoms with E-state index in [-0.39, 0.29) is 5.54 Å². The van der Waals surface area contributed by atoms with Crippen LogP contribution in [0.4, 0.5) is 0 Å². The molecule has 2 atom stereocenters. The first-order valence-corrected chi connectivity index (χ1v) is 5.15. The number of rotatable bonds is 1. The van der Waals surface area contributed by atoms with Crippen LogP contribution in [0, 0.1) is 5.92 Å². The van der Waals surface area contributed by atoms with Gasteiger partial charge in [-0.2, -0.15) is 0 Å². The lowest BCUT2D eigenvalue weighted by atomic mass is 10.1. The average Bonchev–Trinajstić information content (AvgIpc) is 2.56. The van der Waals surface area contributed by atoms with Crippen LogP contribution in [-0.4, -0.2) is 43.4 Å². The summed E-state index contributed by atoms with van der Waals surface area (Å²) < 4.78 is 5.76. The Labute approximate surface area is 80.4 Å². The summed E-state index contributed by atoms with van der Waals surface area (Å²) in [4.78, 5) is 2.38. The molecule has 2 heterocycles. The van der Waals surface area contributed by atoms with Gasteiger partial charge in [-0.1, -0.05) is 0 Å². The number of hydrogen-bond donors (Lipinski definition) is 1. The van der Waals surface area contributed by atoms with Crippen molar-refractivity contribution in [1.29, 1.82) is 0 Å². The maximum atomic E-state index is 5.76. The van der Waals surface area contributed by atoms with E-state index in [1.165, 1.54) is 19.5 Å². The van der Waals surface area contributed by atoms with E-state index in [1.807, 2.05) is 0 Å². The molecule has 0 radical (unpaired) electrons. The SMILES string of the molecule is CN1CCC(C2NC(C)(C)CO2)C1. The number of hydrogen-bond acceptors (Lipinski definition) is 3. The van der Waals surface area contributed by atoms with Gasteiger partial charge in [0.2, 0.25) is 0 Å². The van der Waals surface area contributed by atoms with Gasteiger partial charge >= 0.3 is 0 Å². The van der Waals surface area contributed by atoms with Crippen LogP contribution in [0.1, 0.15) is 20.3 Å². The number of nitrogens with zero attached hydrogens (tertiary/aromatic N) is 1. The van der Waals surface area contributed by atoms with Crippen molar-refractivity contribution in [3.05, 3.63) is 0 Å². The van der Waals surface area contributed by atoms with Crippen molar-refractivity contribution in [2.24, 2.45) is 5.92 Å². The van der Waals surface area contributed by atoms with Gasteiger partial charge in [0, 0.05) is 18.0 Å². The van der Waals surface area contributed by atoms with E-state index in [0.29, 0.717) is 12.1 Å². The fourth-order valence-electron chi connectivity index (χ4n) is 2.24. The highest BCUT2D eigenvalue weighted by Gasteiger charge is 2.37. The smallest absolute Gasteiger partial charge is 0.112 e. The molecule has 3 heteroatoms. The van der Waals surface area contributed by atoms with Gasteiger partial charge in [0.15, 0.2) is 0 Å². The summed E-state index contributed by atoms with van der Waals surface area (Å²) >= 11 is 0. The second-order valence-corrected chi connectivity index (χ2v) is 5.07. The van der Waals surface area contributed by atoms with Gasteiger partial charge in [0.25, 0.3) is 0 Å². The summed E-state index contributed by atoms with van der Waals surface area (Å²) in [6.45, 7) is 7.63. The largest absolute Gasteiger partial charge is 0.361 e. The summed E-state index contributed by atoms with van der Waals surface area (Å²) in [7, 11) is 2.18. The maximum absolute atomic E-state index is 5.76.